The van der Waals surface area contributed by atoms with E-state index < -0.39 is 6.10 Å². The van der Waals surface area contributed by atoms with E-state index in [0.29, 0.717) is 5.69 Å². The van der Waals surface area contributed by atoms with Gasteiger partial charge in [0.15, 0.2) is 0 Å². The summed E-state index contributed by atoms with van der Waals surface area (Å²) < 4.78 is 0. The predicted octanol–water partition coefficient (Wildman–Crippen LogP) is 4.00. The van der Waals surface area contributed by atoms with Crippen LogP contribution in [-0.4, -0.2) is 11.1 Å². The van der Waals surface area contributed by atoms with Gasteiger partial charge in [0, 0.05) is 11.4 Å². The number of anilines is 2. The van der Waals surface area contributed by atoms with Crippen molar-refractivity contribution in [2.75, 3.05) is 10.6 Å². The quantitative estimate of drug-likeness (QED) is 0.797. The Kier molecular flexibility index (Phi) is 4.60. The number of para-hydroxylation sites is 1. The number of carbonyl (C=O) groups is 1. The first kappa shape index (κ1) is 15.1. The maximum absolute atomic E-state index is 12.0. The van der Waals surface area contributed by atoms with Crippen LogP contribution in [0.5, 0.6) is 0 Å². The average Bonchev–Trinajstić information content (AvgIpc) is 2.43. The predicted molar refractivity (Wildman–Crippen MR) is 85.6 cm³/mol. The van der Waals surface area contributed by atoms with Crippen LogP contribution in [0.25, 0.3) is 0 Å². The van der Waals surface area contributed by atoms with Crippen LogP contribution in [0, 0.1) is 13.8 Å². The number of aryl methyl sites for hydroxylation is 2. The summed E-state index contributed by atoms with van der Waals surface area (Å²) in [6, 6.07) is 12.7. The Morgan fingerprint density at radius 1 is 1.00 bits per heavy atom. The Bertz CT molecular complexity index is 613. The molecule has 110 valence electrons. The van der Waals surface area contributed by atoms with Gasteiger partial charge in [0.2, 0.25) is 0 Å². The fraction of sp³-hybridized carbons (Fsp3) is 0.235. The second kappa shape index (κ2) is 6.41. The molecule has 2 aromatic carbocycles. The van der Waals surface area contributed by atoms with Crippen molar-refractivity contribution in [3.05, 3.63) is 59.2 Å². The zero-order valence-electron chi connectivity index (χ0n) is 12.5. The number of carbonyl (C=O) groups excluding carboxylic acids is 1. The molecule has 0 aliphatic rings. The highest BCUT2D eigenvalue weighted by Crippen LogP contribution is 2.20. The molecule has 4 nitrogen and oxygen atoms in total. The molecule has 0 aliphatic heterocycles. The summed E-state index contributed by atoms with van der Waals surface area (Å²) >= 11 is 0. The summed E-state index contributed by atoms with van der Waals surface area (Å²) in [5.74, 6) is 0. The van der Waals surface area contributed by atoms with Gasteiger partial charge in [-0.15, -0.1) is 0 Å². The van der Waals surface area contributed by atoms with Gasteiger partial charge in [-0.1, -0.05) is 30.3 Å². The highest BCUT2D eigenvalue weighted by molar-refractivity contribution is 6.00. The SMILES string of the molecule is Cc1cccc(C)c1NC(=O)Nc1ccc(C(C)O)cc1. The number of aliphatic hydroxyl groups is 1. The molecule has 3 N–H and O–H groups in total. The fourth-order valence-corrected chi connectivity index (χ4v) is 2.13. The summed E-state index contributed by atoms with van der Waals surface area (Å²) in [7, 11) is 0. The first-order chi connectivity index (χ1) is 9.97. The van der Waals surface area contributed by atoms with Gasteiger partial charge in [0.05, 0.1) is 6.10 Å². The smallest absolute Gasteiger partial charge is 0.323 e. The number of urea groups is 1. The van der Waals surface area contributed by atoms with Gasteiger partial charge in [-0.25, -0.2) is 4.79 Å². The highest BCUT2D eigenvalue weighted by atomic mass is 16.3. The first-order valence-electron chi connectivity index (χ1n) is 6.89. The normalized spacial score (nSPS) is 11.8. The van der Waals surface area contributed by atoms with Gasteiger partial charge in [-0.3, -0.25) is 0 Å². The van der Waals surface area contributed by atoms with Gasteiger partial charge in [0.1, 0.15) is 0 Å². The summed E-state index contributed by atoms with van der Waals surface area (Å²) in [6.07, 6.45) is -0.512. The number of benzene rings is 2. The minimum absolute atomic E-state index is 0.280. The maximum atomic E-state index is 12.0. The van der Waals surface area contributed by atoms with Gasteiger partial charge >= 0.3 is 6.03 Å². The third kappa shape index (κ3) is 3.83. The van der Waals surface area contributed by atoms with Crippen LogP contribution in [0.1, 0.15) is 29.7 Å². The highest BCUT2D eigenvalue weighted by Gasteiger charge is 2.07. The molecule has 2 aromatic rings. The fourth-order valence-electron chi connectivity index (χ4n) is 2.13. The molecule has 1 unspecified atom stereocenters. The summed E-state index contributed by atoms with van der Waals surface area (Å²) in [4.78, 5) is 12.0. The third-order valence-corrected chi connectivity index (χ3v) is 3.37. The van der Waals surface area contributed by atoms with Crippen LogP contribution in [0.2, 0.25) is 0 Å². The van der Waals surface area contributed by atoms with Crippen molar-refractivity contribution in [1.29, 1.82) is 0 Å². The molecule has 0 fully saturated rings. The minimum Gasteiger partial charge on any atom is -0.389 e. The van der Waals surface area contributed by atoms with Crippen LogP contribution in [-0.2, 0) is 0 Å². The molecule has 0 saturated carbocycles. The molecule has 0 spiro atoms. The number of hydrogen-bond donors (Lipinski definition) is 3. The third-order valence-electron chi connectivity index (χ3n) is 3.37. The van der Waals surface area contributed by atoms with Crippen molar-refractivity contribution >= 4 is 17.4 Å². The van der Waals surface area contributed by atoms with E-state index >= 15 is 0 Å². The summed E-state index contributed by atoms with van der Waals surface area (Å²) in [5.41, 5.74) is 4.37. The molecular formula is C17H20N2O2. The number of hydrogen-bond acceptors (Lipinski definition) is 2. The Hall–Kier alpha value is -2.33. The zero-order valence-corrected chi connectivity index (χ0v) is 12.5. The maximum Gasteiger partial charge on any atom is 0.323 e. The Morgan fingerprint density at radius 2 is 1.57 bits per heavy atom. The van der Waals surface area contributed by atoms with E-state index in [4.69, 9.17) is 0 Å². The molecule has 1 atom stereocenters. The molecule has 2 rings (SSSR count). The van der Waals surface area contributed by atoms with Crippen molar-refractivity contribution in [2.24, 2.45) is 0 Å². The van der Waals surface area contributed by atoms with Gasteiger partial charge < -0.3 is 15.7 Å². The lowest BCUT2D eigenvalue weighted by atomic mass is 10.1. The van der Waals surface area contributed by atoms with Crippen molar-refractivity contribution < 1.29 is 9.90 Å². The van der Waals surface area contributed by atoms with Crippen LogP contribution in [0.4, 0.5) is 16.2 Å². The molecule has 0 bridgehead atoms. The Labute approximate surface area is 124 Å². The van der Waals surface area contributed by atoms with E-state index in [9.17, 15) is 9.90 Å². The van der Waals surface area contributed by atoms with Crippen molar-refractivity contribution in [1.82, 2.24) is 0 Å². The van der Waals surface area contributed by atoms with Crippen molar-refractivity contribution in [2.45, 2.75) is 26.9 Å². The van der Waals surface area contributed by atoms with E-state index in [1.165, 1.54) is 0 Å². The minimum atomic E-state index is -0.512. The average molecular weight is 284 g/mol. The monoisotopic (exact) mass is 284 g/mol. The molecule has 0 aliphatic carbocycles. The van der Waals surface area contributed by atoms with Crippen LogP contribution >= 0.6 is 0 Å². The molecule has 21 heavy (non-hydrogen) atoms. The summed E-state index contributed by atoms with van der Waals surface area (Å²) in [5, 5.41) is 15.1. The Balaban J connectivity index is 2.05. The molecule has 4 heteroatoms. The number of nitrogens with one attached hydrogen (secondary N) is 2. The van der Waals surface area contributed by atoms with Crippen LogP contribution in [0.15, 0.2) is 42.5 Å². The van der Waals surface area contributed by atoms with E-state index in [2.05, 4.69) is 10.6 Å². The molecule has 0 radical (unpaired) electrons. The number of aliphatic hydroxyl groups excluding tert-OH is 1. The molecular weight excluding hydrogens is 264 g/mol. The van der Waals surface area contributed by atoms with E-state index in [0.717, 1.165) is 22.4 Å². The van der Waals surface area contributed by atoms with Crippen molar-refractivity contribution in [3.63, 3.8) is 0 Å². The molecule has 0 aromatic heterocycles. The van der Waals surface area contributed by atoms with Crippen LogP contribution in [0.3, 0.4) is 0 Å². The Morgan fingerprint density at radius 3 is 2.10 bits per heavy atom. The zero-order chi connectivity index (χ0) is 15.4. The van der Waals surface area contributed by atoms with E-state index in [1.54, 1.807) is 31.2 Å². The number of amides is 2. The van der Waals surface area contributed by atoms with Crippen molar-refractivity contribution in [3.8, 4) is 0 Å². The van der Waals surface area contributed by atoms with Gasteiger partial charge in [-0.2, -0.15) is 0 Å². The number of rotatable bonds is 3. The van der Waals surface area contributed by atoms with Gasteiger partial charge in [-0.05, 0) is 49.6 Å². The van der Waals surface area contributed by atoms with Gasteiger partial charge in [0.25, 0.3) is 0 Å². The van der Waals surface area contributed by atoms with E-state index in [1.807, 2.05) is 32.0 Å². The largest absolute Gasteiger partial charge is 0.389 e. The van der Waals surface area contributed by atoms with E-state index in [-0.39, 0.29) is 6.03 Å². The summed E-state index contributed by atoms with van der Waals surface area (Å²) in [6.45, 7) is 5.62. The topological polar surface area (TPSA) is 61.4 Å². The molecule has 2 amide bonds. The van der Waals surface area contributed by atoms with Crippen LogP contribution < -0.4 is 10.6 Å². The lowest BCUT2D eigenvalue weighted by molar-refractivity contribution is 0.199. The second-order valence-corrected chi connectivity index (χ2v) is 5.14. The lowest BCUT2D eigenvalue weighted by Gasteiger charge is -2.13. The molecule has 0 heterocycles. The standard InChI is InChI=1S/C17H20N2O2/c1-11-5-4-6-12(2)16(11)19-17(21)18-15-9-7-14(8-10-15)13(3)20/h4-10,13,20H,1-3H3,(H2,18,19,21). The molecule has 0 saturated heterocycles. The first-order valence-corrected chi connectivity index (χ1v) is 6.89. The second-order valence-electron chi connectivity index (χ2n) is 5.14. The lowest BCUT2D eigenvalue weighted by Crippen LogP contribution is -2.20.